The molecule has 2 rings (SSSR count). The highest BCUT2D eigenvalue weighted by Crippen LogP contribution is 2.20. The van der Waals surface area contributed by atoms with E-state index in [1.165, 1.54) is 11.3 Å². The first kappa shape index (κ1) is 13.2. The number of nitrogen functional groups attached to an aromatic ring is 1. The van der Waals surface area contributed by atoms with Crippen LogP contribution in [0.4, 0.5) is 5.13 Å². The maximum Gasteiger partial charge on any atom is 0.360 e. The lowest BCUT2D eigenvalue weighted by molar-refractivity contribution is -0.129. The van der Waals surface area contributed by atoms with Crippen molar-refractivity contribution in [2.75, 3.05) is 17.2 Å². The summed E-state index contributed by atoms with van der Waals surface area (Å²) >= 11 is 3.04. The van der Waals surface area contributed by atoms with Crippen LogP contribution >= 0.6 is 23.1 Å². The number of aliphatic carboxylic acids is 1. The highest BCUT2D eigenvalue weighted by atomic mass is 32.2. The molecule has 6 nitrogen and oxygen atoms in total. The molecule has 1 aliphatic heterocycles. The Bertz CT molecular complexity index is 455. The molecule has 18 heavy (non-hydrogen) atoms. The average molecular weight is 287 g/mol. The number of oxime groups is 1. The van der Waals surface area contributed by atoms with E-state index >= 15 is 0 Å². The molecule has 0 aromatic carbocycles. The van der Waals surface area contributed by atoms with Gasteiger partial charge >= 0.3 is 5.97 Å². The first-order valence-corrected chi connectivity index (χ1v) is 7.46. The van der Waals surface area contributed by atoms with Crippen molar-refractivity contribution in [2.45, 2.75) is 18.9 Å². The van der Waals surface area contributed by atoms with Crippen LogP contribution in [-0.4, -0.2) is 39.4 Å². The molecule has 0 radical (unpaired) electrons. The molecule has 0 bridgehead atoms. The minimum Gasteiger partial charge on any atom is -0.476 e. The zero-order valence-corrected chi connectivity index (χ0v) is 11.2. The Morgan fingerprint density at radius 2 is 2.28 bits per heavy atom. The van der Waals surface area contributed by atoms with Crippen LogP contribution in [0.25, 0.3) is 0 Å². The fraction of sp³-hybridized carbons (Fsp3) is 0.500. The van der Waals surface area contributed by atoms with Crippen LogP contribution < -0.4 is 5.73 Å². The summed E-state index contributed by atoms with van der Waals surface area (Å²) < 4.78 is 0. The van der Waals surface area contributed by atoms with Gasteiger partial charge in [-0.25, -0.2) is 9.78 Å². The Labute approximate surface area is 112 Å². The minimum atomic E-state index is -1.16. The van der Waals surface area contributed by atoms with Crippen molar-refractivity contribution in [2.24, 2.45) is 5.16 Å². The van der Waals surface area contributed by atoms with E-state index in [4.69, 9.17) is 15.7 Å². The van der Waals surface area contributed by atoms with Gasteiger partial charge in [0, 0.05) is 5.38 Å². The molecular weight excluding hydrogens is 274 g/mol. The molecule has 1 fully saturated rings. The number of hydrogen-bond donors (Lipinski definition) is 2. The molecule has 0 saturated carbocycles. The number of aromatic nitrogens is 1. The average Bonchev–Trinajstić information content (AvgIpc) is 2.77. The molecule has 0 spiro atoms. The van der Waals surface area contributed by atoms with Gasteiger partial charge in [-0.15, -0.1) is 11.3 Å². The molecule has 1 aromatic heterocycles. The quantitative estimate of drug-likeness (QED) is 0.642. The van der Waals surface area contributed by atoms with Crippen molar-refractivity contribution in [3.63, 3.8) is 0 Å². The van der Waals surface area contributed by atoms with Gasteiger partial charge in [0.15, 0.2) is 5.13 Å². The van der Waals surface area contributed by atoms with Gasteiger partial charge in [-0.1, -0.05) is 5.16 Å². The Kier molecular flexibility index (Phi) is 4.43. The molecule has 2 heterocycles. The summed E-state index contributed by atoms with van der Waals surface area (Å²) in [6.07, 6.45) is 1.78. The lowest BCUT2D eigenvalue weighted by atomic mass is 10.2. The fourth-order valence-corrected chi connectivity index (χ4v) is 3.11. The molecule has 0 atom stereocenters. The van der Waals surface area contributed by atoms with E-state index in [2.05, 4.69) is 10.1 Å². The standard InChI is InChI=1S/C10H13N3O3S2/c11-10-12-7(5-18-10)8(9(14)15)13-16-6-1-3-17-4-2-6/h5-6H,1-4H2,(H2,11,12)(H,14,15)/b13-8-. The van der Waals surface area contributed by atoms with Crippen molar-refractivity contribution in [1.29, 1.82) is 0 Å². The molecule has 8 heteroatoms. The number of carbonyl (C=O) groups is 1. The van der Waals surface area contributed by atoms with Crippen LogP contribution in [0.5, 0.6) is 0 Å². The molecule has 1 aliphatic rings. The Morgan fingerprint density at radius 3 is 2.83 bits per heavy atom. The summed E-state index contributed by atoms with van der Waals surface area (Å²) in [5.74, 6) is 0.879. The maximum absolute atomic E-state index is 11.1. The summed E-state index contributed by atoms with van der Waals surface area (Å²) in [6.45, 7) is 0. The zero-order chi connectivity index (χ0) is 13.0. The number of nitrogens with two attached hydrogens (primary N) is 1. The molecule has 0 aliphatic carbocycles. The van der Waals surface area contributed by atoms with Crippen LogP contribution in [0, 0.1) is 0 Å². The van der Waals surface area contributed by atoms with Crippen LogP contribution in [0.15, 0.2) is 10.5 Å². The molecule has 1 aromatic rings. The van der Waals surface area contributed by atoms with Gasteiger partial charge in [0.2, 0.25) is 5.71 Å². The number of nitrogens with zero attached hydrogens (tertiary/aromatic N) is 2. The van der Waals surface area contributed by atoms with Gasteiger partial charge in [-0.05, 0) is 24.3 Å². The Balaban J connectivity index is 2.07. The fourth-order valence-electron chi connectivity index (χ4n) is 1.50. The highest BCUT2D eigenvalue weighted by Gasteiger charge is 2.19. The second-order valence-corrected chi connectivity index (χ2v) is 5.85. The first-order chi connectivity index (χ1) is 8.66. The van der Waals surface area contributed by atoms with Crippen LogP contribution in [0.2, 0.25) is 0 Å². The van der Waals surface area contributed by atoms with E-state index in [-0.39, 0.29) is 17.5 Å². The maximum atomic E-state index is 11.1. The normalized spacial score (nSPS) is 17.7. The number of anilines is 1. The number of thiazole rings is 1. The summed E-state index contributed by atoms with van der Waals surface area (Å²) in [7, 11) is 0. The monoisotopic (exact) mass is 287 g/mol. The Morgan fingerprint density at radius 1 is 1.56 bits per heavy atom. The van der Waals surface area contributed by atoms with Crippen LogP contribution in [-0.2, 0) is 9.63 Å². The van der Waals surface area contributed by atoms with Crippen molar-refractivity contribution in [3.05, 3.63) is 11.1 Å². The van der Waals surface area contributed by atoms with Gasteiger partial charge in [0.05, 0.1) is 0 Å². The van der Waals surface area contributed by atoms with Gasteiger partial charge in [0.1, 0.15) is 11.8 Å². The van der Waals surface area contributed by atoms with Gasteiger partial charge in [-0.3, -0.25) is 0 Å². The van der Waals surface area contributed by atoms with Crippen molar-refractivity contribution < 1.29 is 14.7 Å². The van der Waals surface area contributed by atoms with E-state index in [0.717, 1.165) is 24.3 Å². The lowest BCUT2D eigenvalue weighted by Gasteiger charge is -2.19. The summed E-state index contributed by atoms with van der Waals surface area (Å²) in [4.78, 5) is 20.3. The molecule has 1 saturated heterocycles. The van der Waals surface area contributed by atoms with Crippen LogP contribution in [0.1, 0.15) is 18.5 Å². The van der Waals surface area contributed by atoms with Gasteiger partial charge < -0.3 is 15.7 Å². The van der Waals surface area contributed by atoms with Crippen molar-refractivity contribution in [3.8, 4) is 0 Å². The van der Waals surface area contributed by atoms with E-state index in [1.54, 1.807) is 5.38 Å². The lowest BCUT2D eigenvalue weighted by Crippen LogP contribution is -2.21. The second-order valence-electron chi connectivity index (χ2n) is 3.73. The van der Waals surface area contributed by atoms with E-state index < -0.39 is 5.97 Å². The van der Waals surface area contributed by atoms with E-state index in [9.17, 15) is 4.79 Å². The second kappa shape index (κ2) is 6.05. The molecule has 98 valence electrons. The zero-order valence-electron chi connectivity index (χ0n) is 9.54. The largest absolute Gasteiger partial charge is 0.476 e. The number of thioether (sulfide) groups is 1. The summed E-state index contributed by atoms with van der Waals surface area (Å²) in [5, 5.41) is 14.7. The highest BCUT2D eigenvalue weighted by molar-refractivity contribution is 7.99. The van der Waals surface area contributed by atoms with Crippen molar-refractivity contribution in [1.82, 2.24) is 4.98 Å². The third-order valence-corrected chi connectivity index (χ3v) is 4.15. The topological polar surface area (TPSA) is 97.8 Å². The minimum absolute atomic E-state index is 0.00316. The predicted molar refractivity (Wildman–Crippen MR) is 72.1 cm³/mol. The summed E-state index contributed by atoms with van der Waals surface area (Å²) in [5.41, 5.74) is 5.52. The number of carboxylic acids is 1. The molecule has 0 unspecified atom stereocenters. The van der Waals surface area contributed by atoms with Gasteiger partial charge in [0.25, 0.3) is 0 Å². The number of rotatable bonds is 4. The van der Waals surface area contributed by atoms with Crippen LogP contribution in [0.3, 0.4) is 0 Å². The van der Waals surface area contributed by atoms with E-state index in [1.807, 2.05) is 11.8 Å². The third-order valence-electron chi connectivity index (χ3n) is 2.43. The third kappa shape index (κ3) is 3.36. The van der Waals surface area contributed by atoms with Gasteiger partial charge in [-0.2, -0.15) is 11.8 Å². The summed E-state index contributed by atoms with van der Waals surface area (Å²) in [6, 6.07) is 0. The Hall–Kier alpha value is -1.28. The smallest absolute Gasteiger partial charge is 0.360 e. The molecule has 3 N–H and O–H groups in total. The van der Waals surface area contributed by atoms with Crippen molar-refractivity contribution >= 4 is 39.9 Å². The molecule has 0 amide bonds. The SMILES string of the molecule is Nc1nc(/C(=N/OC2CCSCC2)C(=O)O)cs1. The molecular formula is C10H13N3O3S2. The number of carboxylic acid groups (broad SMARTS) is 1. The van der Waals surface area contributed by atoms with E-state index in [0.29, 0.717) is 5.13 Å². The number of hydrogen-bond acceptors (Lipinski definition) is 7. The first-order valence-electron chi connectivity index (χ1n) is 5.43. The predicted octanol–water partition coefficient (Wildman–Crippen LogP) is 1.43.